The van der Waals surface area contributed by atoms with Crippen molar-refractivity contribution in [1.82, 2.24) is 10.2 Å². The Morgan fingerprint density at radius 2 is 1.90 bits per heavy atom. The van der Waals surface area contributed by atoms with Crippen molar-refractivity contribution in [1.29, 1.82) is 0 Å². The number of nitrogens with zero attached hydrogens (tertiary/aromatic N) is 1. The van der Waals surface area contributed by atoms with Crippen molar-refractivity contribution in [3.05, 3.63) is 11.8 Å². The van der Waals surface area contributed by atoms with Crippen molar-refractivity contribution >= 4 is 0 Å². The third-order valence-corrected chi connectivity index (χ3v) is 5.65. The number of piperidine rings is 1. The van der Waals surface area contributed by atoms with Crippen LogP contribution >= 0.6 is 0 Å². The number of likely N-dealkylation sites (tertiary alicyclic amines) is 1. The lowest BCUT2D eigenvalue weighted by Crippen LogP contribution is -2.62. The zero-order chi connectivity index (χ0) is 14.5. The van der Waals surface area contributed by atoms with Crippen LogP contribution in [0.3, 0.4) is 0 Å². The van der Waals surface area contributed by atoms with Gasteiger partial charge in [-0.3, -0.25) is 4.90 Å². The number of rotatable bonds is 5. The highest BCUT2D eigenvalue weighted by Gasteiger charge is 2.48. The van der Waals surface area contributed by atoms with Crippen LogP contribution in [0.15, 0.2) is 11.8 Å². The van der Waals surface area contributed by atoms with Gasteiger partial charge < -0.3 is 10.1 Å². The second-order valence-corrected chi connectivity index (χ2v) is 6.95. The fourth-order valence-corrected chi connectivity index (χ4v) is 4.65. The Morgan fingerprint density at radius 3 is 2.52 bits per heavy atom. The smallest absolute Gasteiger partial charge is 0.111 e. The molecular weight excluding hydrogens is 260 g/mol. The molecule has 0 aromatic carbocycles. The summed E-state index contributed by atoms with van der Waals surface area (Å²) in [5.74, 6) is 1.25. The van der Waals surface area contributed by atoms with Crippen molar-refractivity contribution in [2.24, 2.45) is 0 Å². The Hall–Kier alpha value is -0.540. The van der Waals surface area contributed by atoms with Crippen LogP contribution in [0.1, 0.15) is 64.7 Å². The molecule has 1 saturated carbocycles. The summed E-state index contributed by atoms with van der Waals surface area (Å²) >= 11 is 0. The molecule has 1 aliphatic carbocycles. The SMILES string of the molecule is CCNC(C1=CCCCO1)C1(N2CCCCC2)CCCC1. The lowest BCUT2D eigenvalue weighted by atomic mass is 9.82. The normalized spacial score (nSPS) is 28.0. The third-order valence-electron chi connectivity index (χ3n) is 5.65. The standard InChI is InChI=1S/C18H32N2O/c1-2-19-17(16-10-4-9-15-21-16)18(11-5-6-12-18)20-13-7-3-8-14-20/h10,17,19H,2-9,11-15H2,1H3. The Labute approximate surface area is 130 Å². The van der Waals surface area contributed by atoms with Gasteiger partial charge in [-0.15, -0.1) is 0 Å². The number of hydrogen-bond donors (Lipinski definition) is 1. The maximum Gasteiger partial charge on any atom is 0.111 e. The van der Waals surface area contributed by atoms with Gasteiger partial charge in [-0.25, -0.2) is 0 Å². The van der Waals surface area contributed by atoms with Gasteiger partial charge in [0.05, 0.1) is 12.6 Å². The molecule has 120 valence electrons. The molecule has 21 heavy (non-hydrogen) atoms. The summed E-state index contributed by atoms with van der Waals surface area (Å²) < 4.78 is 6.09. The van der Waals surface area contributed by atoms with Gasteiger partial charge in [0, 0.05) is 5.54 Å². The van der Waals surface area contributed by atoms with E-state index in [9.17, 15) is 0 Å². The topological polar surface area (TPSA) is 24.5 Å². The van der Waals surface area contributed by atoms with Gasteiger partial charge >= 0.3 is 0 Å². The summed E-state index contributed by atoms with van der Waals surface area (Å²) in [6.45, 7) is 6.74. The van der Waals surface area contributed by atoms with E-state index in [2.05, 4.69) is 23.2 Å². The van der Waals surface area contributed by atoms with Gasteiger partial charge in [0.15, 0.2) is 0 Å². The first-order valence-electron chi connectivity index (χ1n) is 9.18. The van der Waals surface area contributed by atoms with Crippen LogP contribution in [0.2, 0.25) is 0 Å². The lowest BCUT2D eigenvalue weighted by Gasteiger charge is -2.49. The van der Waals surface area contributed by atoms with Crippen molar-refractivity contribution < 1.29 is 4.74 Å². The van der Waals surface area contributed by atoms with E-state index in [1.165, 1.54) is 76.6 Å². The Bertz CT molecular complexity index is 354. The van der Waals surface area contributed by atoms with E-state index in [0.717, 1.165) is 13.2 Å². The predicted molar refractivity (Wildman–Crippen MR) is 87.4 cm³/mol. The average molecular weight is 292 g/mol. The van der Waals surface area contributed by atoms with Crippen LogP contribution in [-0.4, -0.2) is 42.7 Å². The van der Waals surface area contributed by atoms with Gasteiger partial charge in [0.2, 0.25) is 0 Å². The molecule has 1 saturated heterocycles. The molecule has 0 spiro atoms. The van der Waals surface area contributed by atoms with Crippen molar-refractivity contribution in [2.45, 2.75) is 76.3 Å². The van der Waals surface area contributed by atoms with E-state index in [1.807, 2.05) is 0 Å². The molecule has 3 aliphatic rings. The second-order valence-electron chi connectivity index (χ2n) is 6.95. The minimum Gasteiger partial charge on any atom is -0.497 e. The van der Waals surface area contributed by atoms with Crippen LogP contribution in [0.4, 0.5) is 0 Å². The average Bonchev–Trinajstić information content (AvgIpc) is 3.05. The molecule has 1 N–H and O–H groups in total. The predicted octanol–water partition coefficient (Wildman–Crippen LogP) is 3.46. The van der Waals surface area contributed by atoms with E-state index in [-0.39, 0.29) is 0 Å². The molecule has 2 aliphatic heterocycles. The fourth-order valence-electron chi connectivity index (χ4n) is 4.65. The molecule has 0 aromatic rings. The van der Waals surface area contributed by atoms with Gasteiger partial charge in [-0.05, 0) is 64.2 Å². The van der Waals surface area contributed by atoms with Gasteiger partial charge in [-0.2, -0.15) is 0 Å². The molecule has 0 amide bonds. The largest absolute Gasteiger partial charge is 0.497 e. The van der Waals surface area contributed by atoms with Crippen molar-refractivity contribution in [2.75, 3.05) is 26.2 Å². The highest BCUT2D eigenvalue weighted by Crippen LogP contribution is 2.42. The summed E-state index contributed by atoms with van der Waals surface area (Å²) in [6, 6.07) is 0.406. The van der Waals surface area contributed by atoms with Crippen LogP contribution in [0, 0.1) is 0 Å². The number of allylic oxidation sites excluding steroid dienone is 1. The molecule has 1 atom stereocenters. The maximum absolute atomic E-state index is 6.09. The molecule has 0 bridgehead atoms. The van der Waals surface area contributed by atoms with E-state index in [4.69, 9.17) is 4.74 Å². The fraction of sp³-hybridized carbons (Fsp3) is 0.889. The molecule has 1 unspecified atom stereocenters. The van der Waals surface area contributed by atoms with Crippen LogP contribution in [0.25, 0.3) is 0 Å². The minimum atomic E-state index is 0.319. The lowest BCUT2D eigenvalue weighted by molar-refractivity contribution is 0.0236. The molecule has 2 fully saturated rings. The highest BCUT2D eigenvalue weighted by atomic mass is 16.5. The first-order valence-corrected chi connectivity index (χ1v) is 9.18. The molecule has 3 nitrogen and oxygen atoms in total. The molecule has 3 rings (SSSR count). The summed E-state index contributed by atoms with van der Waals surface area (Å²) in [5.41, 5.74) is 0.319. The van der Waals surface area contributed by atoms with Crippen LogP contribution in [0.5, 0.6) is 0 Å². The van der Waals surface area contributed by atoms with E-state index in [1.54, 1.807) is 0 Å². The van der Waals surface area contributed by atoms with Gasteiger partial charge in [-0.1, -0.05) is 26.2 Å². The van der Waals surface area contributed by atoms with Gasteiger partial charge in [0.1, 0.15) is 5.76 Å². The zero-order valence-electron chi connectivity index (χ0n) is 13.7. The maximum atomic E-state index is 6.09. The Kier molecular flexibility index (Phi) is 5.23. The molecule has 2 heterocycles. The van der Waals surface area contributed by atoms with E-state index >= 15 is 0 Å². The number of likely N-dealkylation sites (N-methyl/N-ethyl adjacent to an activating group) is 1. The molecular formula is C18H32N2O. The summed E-state index contributed by atoms with van der Waals surface area (Å²) in [4.78, 5) is 2.82. The monoisotopic (exact) mass is 292 g/mol. The van der Waals surface area contributed by atoms with Crippen LogP contribution < -0.4 is 5.32 Å². The van der Waals surface area contributed by atoms with Crippen molar-refractivity contribution in [3.63, 3.8) is 0 Å². The molecule has 0 radical (unpaired) electrons. The van der Waals surface area contributed by atoms with E-state index in [0.29, 0.717) is 11.6 Å². The second kappa shape index (κ2) is 7.15. The first-order chi connectivity index (χ1) is 10.4. The summed E-state index contributed by atoms with van der Waals surface area (Å²) in [7, 11) is 0. The summed E-state index contributed by atoms with van der Waals surface area (Å²) in [6.07, 6.45) is 14.3. The number of nitrogens with one attached hydrogen (secondary N) is 1. The minimum absolute atomic E-state index is 0.319. The van der Waals surface area contributed by atoms with Gasteiger partial charge in [0.25, 0.3) is 0 Å². The molecule has 0 aromatic heterocycles. The first kappa shape index (κ1) is 15.4. The summed E-state index contributed by atoms with van der Waals surface area (Å²) in [5, 5.41) is 3.80. The van der Waals surface area contributed by atoms with Crippen molar-refractivity contribution in [3.8, 4) is 0 Å². The number of hydrogen-bond acceptors (Lipinski definition) is 3. The number of ether oxygens (including phenoxy) is 1. The highest BCUT2D eigenvalue weighted by molar-refractivity contribution is 5.18. The van der Waals surface area contributed by atoms with Crippen LogP contribution in [-0.2, 0) is 4.74 Å². The Balaban J connectivity index is 1.86. The molecule has 3 heteroatoms. The Morgan fingerprint density at radius 1 is 1.14 bits per heavy atom. The quantitative estimate of drug-likeness (QED) is 0.840. The zero-order valence-corrected chi connectivity index (χ0v) is 13.7. The third kappa shape index (κ3) is 3.14. The van der Waals surface area contributed by atoms with E-state index < -0.39 is 0 Å².